The summed E-state index contributed by atoms with van der Waals surface area (Å²) in [4.78, 5) is 11.9. The van der Waals surface area contributed by atoms with Crippen LogP contribution in [0, 0.1) is 0 Å². The number of nitrogens with one attached hydrogen (secondary N) is 3. The second kappa shape index (κ2) is 20.4. The number of rotatable bonds is 10. The van der Waals surface area contributed by atoms with E-state index in [1.807, 2.05) is 48.5 Å². The molecule has 1 amide bonds. The van der Waals surface area contributed by atoms with E-state index in [1.165, 1.54) is 36.4 Å². The van der Waals surface area contributed by atoms with E-state index in [0.717, 1.165) is 22.5 Å². The monoisotopic (exact) mass is 815 g/mol. The first-order valence-electron chi connectivity index (χ1n) is 16.6. The molecule has 0 saturated heterocycles. The van der Waals surface area contributed by atoms with E-state index >= 15 is 0 Å². The van der Waals surface area contributed by atoms with Crippen molar-refractivity contribution in [2.24, 2.45) is 0 Å². The molecule has 0 aliphatic rings. The standard InChI is InChI=1S/C14H18N4O4S2.C13H13N3O.C12H12N2.H2S/c15-11-3-1-5-13(9-11)23(19,20)17-7-8-18-24(21,22)14-6-2-4-12(16)10-14;14-10-3-1-9(2-4-10)13(17)16-12-7-5-11(15)6-8-12;13-11-5-1-9(2-6-11)10-3-7-12(14)8-4-10;/h1-6,9-10,17-18H,7-8,15-16H2;1-8H,14-15H2,(H,16,17);1-8H,13-14H2;1H2. The molecule has 0 aliphatic heterocycles. The van der Waals surface area contributed by atoms with Crippen molar-refractivity contribution in [3.05, 3.63) is 151 Å². The molecule has 0 aliphatic carbocycles. The van der Waals surface area contributed by atoms with E-state index in [0.29, 0.717) is 34.0 Å². The van der Waals surface area contributed by atoms with Gasteiger partial charge in [0, 0.05) is 58.5 Å². The summed E-state index contributed by atoms with van der Waals surface area (Å²) >= 11 is 0. The van der Waals surface area contributed by atoms with Gasteiger partial charge in [-0.1, -0.05) is 36.4 Å². The maximum absolute atomic E-state index is 12.1. The molecule has 6 aromatic carbocycles. The highest BCUT2D eigenvalue weighted by molar-refractivity contribution is 7.90. The molecule has 6 rings (SSSR count). The minimum absolute atomic E-state index is 0. The van der Waals surface area contributed by atoms with Crippen LogP contribution in [-0.2, 0) is 20.0 Å². The van der Waals surface area contributed by atoms with Gasteiger partial charge in [0.15, 0.2) is 0 Å². The van der Waals surface area contributed by atoms with Gasteiger partial charge >= 0.3 is 0 Å². The van der Waals surface area contributed by atoms with Crippen molar-refractivity contribution in [2.45, 2.75) is 9.79 Å². The van der Waals surface area contributed by atoms with Crippen LogP contribution in [0.5, 0.6) is 0 Å². The lowest BCUT2D eigenvalue weighted by atomic mass is 10.1. The lowest BCUT2D eigenvalue weighted by molar-refractivity contribution is 0.102. The fourth-order valence-corrected chi connectivity index (χ4v) is 6.83. The van der Waals surface area contributed by atoms with Crippen molar-refractivity contribution < 1.29 is 21.6 Å². The number of hydrogen-bond acceptors (Lipinski definition) is 11. The van der Waals surface area contributed by atoms with Crippen LogP contribution in [0.4, 0.5) is 39.8 Å². The quantitative estimate of drug-likeness (QED) is 0.0666. The highest BCUT2D eigenvalue weighted by Gasteiger charge is 2.16. The average molecular weight is 816 g/mol. The van der Waals surface area contributed by atoms with Crippen molar-refractivity contribution in [1.29, 1.82) is 0 Å². The molecule has 6 aromatic rings. The second-order valence-corrected chi connectivity index (χ2v) is 15.4. The Labute approximate surface area is 333 Å². The Morgan fingerprint density at radius 1 is 0.446 bits per heavy atom. The highest BCUT2D eigenvalue weighted by atomic mass is 32.2. The zero-order valence-corrected chi connectivity index (χ0v) is 32.7. The fraction of sp³-hybridized carbons (Fsp3) is 0.0513. The van der Waals surface area contributed by atoms with Gasteiger partial charge in [0.2, 0.25) is 20.0 Å². The van der Waals surface area contributed by atoms with Gasteiger partial charge in [-0.2, -0.15) is 13.5 Å². The Bertz CT molecular complexity index is 2280. The van der Waals surface area contributed by atoms with Crippen molar-refractivity contribution >= 4 is 79.3 Å². The molecule has 17 heteroatoms. The molecule has 15 N–H and O–H groups in total. The first kappa shape index (κ1) is 44.2. The van der Waals surface area contributed by atoms with E-state index in [1.54, 1.807) is 60.7 Å². The van der Waals surface area contributed by atoms with Crippen molar-refractivity contribution in [3.63, 3.8) is 0 Å². The van der Waals surface area contributed by atoms with Gasteiger partial charge in [-0.3, -0.25) is 4.79 Å². The fourth-order valence-electron chi connectivity index (χ4n) is 4.66. The maximum Gasteiger partial charge on any atom is 0.255 e. The van der Waals surface area contributed by atoms with E-state index in [4.69, 9.17) is 34.4 Å². The molecule has 14 nitrogen and oxygen atoms in total. The van der Waals surface area contributed by atoms with Gasteiger partial charge in [0.1, 0.15) is 0 Å². The van der Waals surface area contributed by atoms with E-state index in [2.05, 4.69) is 14.8 Å². The predicted octanol–water partition coefficient (Wildman–Crippen LogP) is 4.84. The molecule has 0 unspecified atom stereocenters. The summed E-state index contributed by atoms with van der Waals surface area (Å²) in [6.45, 7) is -0.225. The summed E-state index contributed by atoms with van der Waals surface area (Å²) in [5.41, 5.74) is 40.5. The number of anilines is 7. The van der Waals surface area contributed by atoms with Crippen LogP contribution in [0.1, 0.15) is 10.4 Å². The number of carbonyl (C=O) groups is 1. The van der Waals surface area contributed by atoms with Crippen LogP contribution in [0.15, 0.2) is 155 Å². The van der Waals surface area contributed by atoms with Crippen LogP contribution in [0.3, 0.4) is 0 Å². The summed E-state index contributed by atoms with van der Waals surface area (Å²) < 4.78 is 52.9. The van der Waals surface area contributed by atoms with Crippen LogP contribution < -0.4 is 49.2 Å². The molecule has 0 fully saturated rings. The Morgan fingerprint density at radius 3 is 1.14 bits per heavy atom. The SMILES string of the molecule is Nc1ccc(-c2ccc(N)cc2)cc1.Nc1ccc(NC(=O)c2ccc(N)cc2)cc1.Nc1cccc(S(=O)(=O)NCCNS(=O)(=O)c2cccc(N)c2)c1.S. The minimum atomic E-state index is -3.76. The van der Waals surface area contributed by atoms with Crippen molar-refractivity contribution in [3.8, 4) is 11.1 Å². The van der Waals surface area contributed by atoms with Crippen LogP contribution in [-0.4, -0.2) is 35.8 Å². The molecule has 56 heavy (non-hydrogen) atoms. The summed E-state index contributed by atoms with van der Waals surface area (Å²) in [7, 11) is -7.51. The largest absolute Gasteiger partial charge is 0.399 e. The second-order valence-electron chi connectivity index (χ2n) is 11.9. The smallest absolute Gasteiger partial charge is 0.255 e. The lowest BCUT2D eigenvalue weighted by Crippen LogP contribution is -2.34. The molecular weight excluding hydrogens is 771 g/mol. The molecular formula is C39H45N9O5S3. The van der Waals surface area contributed by atoms with Gasteiger partial charge in [-0.05, 0) is 120 Å². The van der Waals surface area contributed by atoms with Crippen molar-refractivity contribution in [2.75, 3.05) is 52.8 Å². The molecule has 0 spiro atoms. The van der Waals surface area contributed by atoms with E-state index in [-0.39, 0.29) is 42.3 Å². The van der Waals surface area contributed by atoms with Crippen LogP contribution in [0.2, 0.25) is 0 Å². The minimum Gasteiger partial charge on any atom is -0.399 e. The van der Waals surface area contributed by atoms with Gasteiger partial charge in [-0.15, -0.1) is 0 Å². The molecule has 0 heterocycles. The predicted molar refractivity (Wildman–Crippen MR) is 233 cm³/mol. The van der Waals surface area contributed by atoms with Crippen molar-refractivity contribution in [1.82, 2.24) is 9.44 Å². The summed E-state index contributed by atoms with van der Waals surface area (Å²) in [6.07, 6.45) is 0. The third kappa shape index (κ3) is 13.9. The van der Waals surface area contributed by atoms with Gasteiger partial charge in [0.25, 0.3) is 5.91 Å². The lowest BCUT2D eigenvalue weighted by Gasteiger charge is -2.09. The molecule has 0 radical (unpaired) electrons. The number of amides is 1. The Balaban J connectivity index is 0.000000232. The molecule has 0 aromatic heterocycles. The molecule has 0 bridgehead atoms. The Kier molecular flexibility index (Phi) is 16.1. The molecule has 0 atom stereocenters. The number of nitrogen functional groups attached to an aromatic ring is 6. The maximum atomic E-state index is 12.1. The number of benzene rings is 6. The van der Waals surface area contributed by atoms with Gasteiger partial charge in [-0.25, -0.2) is 26.3 Å². The highest BCUT2D eigenvalue weighted by Crippen LogP contribution is 2.21. The first-order chi connectivity index (χ1) is 26.1. The number of hydrogen-bond donors (Lipinski definition) is 9. The first-order valence-corrected chi connectivity index (χ1v) is 19.5. The topological polar surface area (TPSA) is 278 Å². The summed E-state index contributed by atoms with van der Waals surface area (Å²) in [5.74, 6) is -0.172. The third-order valence-electron chi connectivity index (χ3n) is 7.54. The number of sulfonamides is 2. The number of carbonyl (C=O) groups excluding carboxylic acids is 1. The molecule has 0 saturated carbocycles. The normalized spacial score (nSPS) is 10.7. The van der Waals surface area contributed by atoms with Crippen LogP contribution in [0.25, 0.3) is 11.1 Å². The third-order valence-corrected chi connectivity index (χ3v) is 10.5. The van der Waals surface area contributed by atoms with E-state index < -0.39 is 20.0 Å². The summed E-state index contributed by atoms with van der Waals surface area (Å²) in [6, 6.07) is 40.9. The van der Waals surface area contributed by atoms with Crippen LogP contribution >= 0.6 is 13.5 Å². The van der Waals surface area contributed by atoms with E-state index in [9.17, 15) is 21.6 Å². The zero-order valence-electron chi connectivity index (χ0n) is 30.1. The Morgan fingerprint density at radius 2 is 0.786 bits per heavy atom. The summed E-state index contributed by atoms with van der Waals surface area (Å²) in [5, 5.41) is 2.77. The average Bonchev–Trinajstić information content (AvgIpc) is 3.16. The Hall–Kier alpha value is -6.24. The van der Waals surface area contributed by atoms with Gasteiger partial charge in [0.05, 0.1) is 9.79 Å². The van der Waals surface area contributed by atoms with Gasteiger partial charge < -0.3 is 39.7 Å². The molecule has 294 valence electrons. The number of nitrogens with two attached hydrogens (primary N) is 6. The zero-order chi connectivity index (χ0) is 40.0.